The Labute approximate surface area is 172 Å². The van der Waals surface area contributed by atoms with E-state index in [2.05, 4.69) is 20.6 Å². The molecule has 1 heterocycles. The molecule has 1 aliphatic carbocycles. The second kappa shape index (κ2) is 10.6. The van der Waals surface area contributed by atoms with E-state index in [4.69, 9.17) is 0 Å². The summed E-state index contributed by atoms with van der Waals surface area (Å²) in [6, 6.07) is 0. The number of guanidine groups is 1. The first-order valence-corrected chi connectivity index (χ1v) is 9.46. The minimum absolute atomic E-state index is 0. The number of thiazole rings is 1. The molecule has 1 aromatic rings. The smallest absolute Gasteiger partial charge is 0.388 e. The van der Waals surface area contributed by atoms with E-state index in [1.807, 2.05) is 6.92 Å². The maximum atomic E-state index is 12.5. The lowest BCUT2D eigenvalue weighted by Gasteiger charge is -2.30. The molecule has 3 N–H and O–H groups in total. The van der Waals surface area contributed by atoms with E-state index in [-0.39, 0.29) is 24.0 Å². The van der Waals surface area contributed by atoms with Crippen LogP contribution in [0.4, 0.5) is 13.2 Å². The number of halogens is 4. The first kappa shape index (κ1) is 23.4. The Bertz CT molecular complexity index is 574. The van der Waals surface area contributed by atoms with Gasteiger partial charge in [0, 0.05) is 24.9 Å². The summed E-state index contributed by atoms with van der Waals surface area (Å²) < 4.78 is 37.6. The average molecular weight is 506 g/mol. The van der Waals surface area contributed by atoms with Gasteiger partial charge < -0.3 is 15.7 Å². The van der Waals surface area contributed by atoms with Gasteiger partial charge in [0.2, 0.25) is 0 Å². The Hall–Kier alpha value is -0.620. The Morgan fingerprint density at radius 1 is 1.31 bits per heavy atom. The van der Waals surface area contributed by atoms with Crippen LogP contribution in [0.1, 0.15) is 49.7 Å². The lowest BCUT2D eigenvalue weighted by molar-refractivity contribution is -0.140. The van der Waals surface area contributed by atoms with E-state index in [9.17, 15) is 18.3 Å². The predicted molar refractivity (Wildman–Crippen MR) is 108 cm³/mol. The van der Waals surface area contributed by atoms with Gasteiger partial charge in [-0.15, -0.1) is 35.3 Å². The first-order valence-electron chi connectivity index (χ1n) is 8.58. The van der Waals surface area contributed by atoms with Gasteiger partial charge in [0.15, 0.2) is 11.7 Å². The molecule has 1 aromatic heterocycles. The molecule has 26 heavy (non-hydrogen) atoms. The normalized spacial score (nSPS) is 17.5. The number of nitrogens with one attached hydrogen (secondary N) is 2. The van der Waals surface area contributed by atoms with Crippen LogP contribution in [0, 0.1) is 0 Å². The molecular weight excluding hydrogens is 480 g/mol. The van der Waals surface area contributed by atoms with Crippen LogP contribution < -0.4 is 10.6 Å². The van der Waals surface area contributed by atoms with E-state index in [0.29, 0.717) is 37.0 Å². The Morgan fingerprint density at radius 3 is 2.58 bits per heavy atom. The molecule has 0 aromatic carbocycles. The van der Waals surface area contributed by atoms with Crippen molar-refractivity contribution in [2.75, 3.05) is 19.6 Å². The first-order chi connectivity index (χ1) is 11.8. The van der Waals surface area contributed by atoms with Gasteiger partial charge in [-0.05, 0) is 19.8 Å². The number of rotatable bonds is 6. The summed E-state index contributed by atoms with van der Waals surface area (Å²) in [7, 11) is 0. The predicted octanol–water partition coefficient (Wildman–Crippen LogP) is 3.57. The van der Waals surface area contributed by atoms with Gasteiger partial charge in [-0.1, -0.05) is 19.3 Å². The molecule has 0 atom stereocenters. The zero-order chi connectivity index (χ0) is 18.3. The molecule has 0 amide bonds. The molecule has 0 aliphatic heterocycles. The summed E-state index contributed by atoms with van der Waals surface area (Å²) in [5.41, 5.74) is -1.58. The largest absolute Gasteiger partial charge is 0.434 e. The monoisotopic (exact) mass is 506 g/mol. The summed E-state index contributed by atoms with van der Waals surface area (Å²) in [6.45, 7) is 3.36. The lowest BCUT2D eigenvalue weighted by atomic mass is 9.85. The summed E-state index contributed by atoms with van der Waals surface area (Å²) in [5.74, 6) is 0.564. The highest BCUT2D eigenvalue weighted by Gasteiger charge is 2.33. The van der Waals surface area contributed by atoms with Crippen LogP contribution in [-0.2, 0) is 12.6 Å². The van der Waals surface area contributed by atoms with Crippen LogP contribution in [0.2, 0.25) is 0 Å². The molecule has 1 aliphatic rings. The van der Waals surface area contributed by atoms with Crippen molar-refractivity contribution in [2.45, 2.75) is 57.2 Å². The van der Waals surface area contributed by atoms with Gasteiger partial charge in [-0.2, -0.15) is 13.2 Å². The number of hydrogen-bond acceptors (Lipinski definition) is 4. The molecular formula is C16H26F3IN4OS. The molecule has 5 nitrogen and oxygen atoms in total. The van der Waals surface area contributed by atoms with Crippen LogP contribution in [0.25, 0.3) is 0 Å². The molecule has 1 fully saturated rings. The highest BCUT2D eigenvalue weighted by molar-refractivity contribution is 14.0. The highest BCUT2D eigenvalue weighted by atomic mass is 127. The Balaban J connectivity index is 0.00000338. The van der Waals surface area contributed by atoms with Crippen molar-refractivity contribution in [1.29, 1.82) is 0 Å². The third-order valence-corrected chi connectivity index (χ3v) is 5.04. The van der Waals surface area contributed by atoms with Crippen LogP contribution >= 0.6 is 35.3 Å². The number of nitrogens with zero attached hydrogens (tertiary/aromatic N) is 2. The second-order valence-electron chi connectivity index (χ2n) is 6.28. The van der Waals surface area contributed by atoms with Gasteiger partial charge in [0.25, 0.3) is 0 Å². The number of hydrogen-bond donors (Lipinski definition) is 3. The van der Waals surface area contributed by atoms with Gasteiger partial charge in [-0.25, -0.2) is 4.98 Å². The van der Waals surface area contributed by atoms with Crippen molar-refractivity contribution in [2.24, 2.45) is 4.99 Å². The van der Waals surface area contributed by atoms with Crippen LogP contribution in [0.15, 0.2) is 10.4 Å². The van der Waals surface area contributed by atoms with Crippen molar-refractivity contribution in [3.63, 3.8) is 0 Å². The zero-order valence-corrected chi connectivity index (χ0v) is 17.9. The SMILES string of the molecule is CCNC(=NCC1(O)CCCCC1)NCCc1nc(C(F)(F)F)cs1.I. The van der Waals surface area contributed by atoms with Crippen molar-refractivity contribution < 1.29 is 18.3 Å². The Kier molecular flexibility index (Phi) is 9.59. The van der Waals surface area contributed by atoms with Crippen molar-refractivity contribution in [1.82, 2.24) is 15.6 Å². The van der Waals surface area contributed by atoms with Gasteiger partial charge in [0.1, 0.15) is 0 Å². The molecule has 0 spiro atoms. The maximum absolute atomic E-state index is 12.5. The lowest BCUT2D eigenvalue weighted by Crippen LogP contribution is -2.41. The summed E-state index contributed by atoms with van der Waals surface area (Å²) >= 11 is 1.01. The third-order valence-electron chi connectivity index (χ3n) is 4.13. The van der Waals surface area contributed by atoms with E-state index in [1.54, 1.807) is 0 Å². The third kappa shape index (κ3) is 7.55. The number of aromatic nitrogens is 1. The molecule has 1 saturated carbocycles. The quantitative estimate of drug-likeness (QED) is 0.314. The molecule has 0 unspecified atom stereocenters. The molecule has 10 heteroatoms. The van der Waals surface area contributed by atoms with E-state index in [1.165, 1.54) is 0 Å². The standard InChI is InChI=1S/C16H25F3N4OS.HI/c1-2-20-14(22-11-15(24)7-4-3-5-8-15)21-9-6-13-23-12(10-25-13)16(17,18)19;/h10,24H,2-9,11H2,1H3,(H2,20,21,22);1H. The molecule has 150 valence electrons. The average Bonchev–Trinajstić information content (AvgIpc) is 3.03. The maximum Gasteiger partial charge on any atom is 0.434 e. The Morgan fingerprint density at radius 2 is 2.00 bits per heavy atom. The van der Waals surface area contributed by atoms with Crippen LogP contribution in [-0.4, -0.2) is 41.3 Å². The number of aliphatic hydroxyl groups is 1. The number of alkyl halides is 3. The van der Waals surface area contributed by atoms with E-state index in [0.717, 1.165) is 48.8 Å². The minimum Gasteiger partial charge on any atom is -0.388 e. The highest BCUT2D eigenvalue weighted by Crippen LogP contribution is 2.30. The van der Waals surface area contributed by atoms with Crippen LogP contribution in [0.3, 0.4) is 0 Å². The second-order valence-corrected chi connectivity index (χ2v) is 7.22. The molecule has 0 radical (unpaired) electrons. The fourth-order valence-electron chi connectivity index (χ4n) is 2.78. The molecule has 0 saturated heterocycles. The van der Waals surface area contributed by atoms with Gasteiger partial charge in [0.05, 0.1) is 17.2 Å². The molecule has 0 bridgehead atoms. The van der Waals surface area contributed by atoms with Crippen molar-refractivity contribution in [3.8, 4) is 0 Å². The molecule has 2 rings (SSSR count). The van der Waals surface area contributed by atoms with E-state index < -0.39 is 17.5 Å². The van der Waals surface area contributed by atoms with E-state index >= 15 is 0 Å². The summed E-state index contributed by atoms with van der Waals surface area (Å²) in [6.07, 6.45) is 0.690. The van der Waals surface area contributed by atoms with Crippen molar-refractivity contribution >= 4 is 41.3 Å². The van der Waals surface area contributed by atoms with Gasteiger partial charge in [-0.3, -0.25) is 4.99 Å². The summed E-state index contributed by atoms with van der Waals surface area (Å²) in [5, 5.41) is 18.1. The zero-order valence-electron chi connectivity index (χ0n) is 14.7. The van der Waals surface area contributed by atoms with Crippen molar-refractivity contribution in [3.05, 3.63) is 16.1 Å². The summed E-state index contributed by atoms with van der Waals surface area (Å²) in [4.78, 5) is 8.04. The fourth-order valence-corrected chi connectivity index (χ4v) is 3.58. The fraction of sp³-hybridized carbons (Fsp3) is 0.750. The number of aliphatic imine (C=N–C) groups is 1. The topological polar surface area (TPSA) is 69.5 Å². The van der Waals surface area contributed by atoms with Crippen LogP contribution in [0.5, 0.6) is 0 Å². The minimum atomic E-state index is -4.39. The van der Waals surface area contributed by atoms with Gasteiger partial charge >= 0.3 is 6.18 Å².